The van der Waals surface area contributed by atoms with Crippen molar-refractivity contribution in [2.45, 2.75) is 6.92 Å². The molecule has 2 aromatic carbocycles. The first-order valence-corrected chi connectivity index (χ1v) is 6.78. The van der Waals surface area contributed by atoms with Crippen LogP contribution < -0.4 is 0 Å². The number of hydrogen-bond acceptors (Lipinski definition) is 2. The minimum atomic E-state index is 0.253. The highest BCUT2D eigenvalue weighted by Gasteiger charge is 2.04. The number of halogens is 1. The number of terminal acetylenes is 1. The summed E-state index contributed by atoms with van der Waals surface area (Å²) in [6.07, 6.45) is 7.00. The van der Waals surface area contributed by atoms with Crippen molar-refractivity contribution in [2.75, 3.05) is 0 Å². The number of aryl methyl sites for hydroxylation is 1. The minimum Gasteiger partial charge on any atom is -0.506 e. The molecule has 1 N–H and O–H groups in total. The topological polar surface area (TPSA) is 32.6 Å². The van der Waals surface area contributed by atoms with Crippen LogP contribution in [0.5, 0.6) is 5.75 Å². The summed E-state index contributed by atoms with van der Waals surface area (Å²) in [5, 5.41) is 9.97. The Bertz CT molecular complexity index is 684. The number of benzene rings is 2. The van der Waals surface area contributed by atoms with Gasteiger partial charge in [0.2, 0.25) is 0 Å². The van der Waals surface area contributed by atoms with Gasteiger partial charge in [-0.3, -0.25) is 4.99 Å². The van der Waals surface area contributed by atoms with E-state index in [9.17, 15) is 5.11 Å². The Labute approximate surface area is 126 Å². The Balaban J connectivity index is 2.35. The van der Waals surface area contributed by atoms with Crippen molar-refractivity contribution in [2.24, 2.45) is 4.99 Å². The van der Waals surface area contributed by atoms with Crippen LogP contribution in [0.2, 0.25) is 0 Å². The first kappa shape index (κ1) is 13.6. The Morgan fingerprint density at radius 2 is 2.11 bits per heavy atom. The molecule has 0 unspecified atom stereocenters. The minimum absolute atomic E-state index is 0.253. The number of rotatable bonds is 2. The van der Waals surface area contributed by atoms with Gasteiger partial charge in [0.05, 0.1) is 9.26 Å². The van der Waals surface area contributed by atoms with Crippen LogP contribution in [-0.4, -0.2) is 11.3 Å². The predicted octanol–water partition coefficient (Wildman–Crippen LogP) is 4.04. The summed E-state index contributed by atoms with van der Waals surface area (Å²) in [7, 11) is 0. The van der Waals surface area contributed by atoms with E-state index in [-0.39, 0.29) is 5.75 Å². The molecule has 94 valence electrons. The zero-order valence-corrected chi connectivity index (χ0v) is 12.5. The molecule has 19 heavy (non-hydrogen) atoms. The van der Waals surface area contributed by atoms with E-state index in [0.717, 1.165) is 20.4 Å². The van der Waals surface area contributed by atoms with Crippen molar-refractivity contribution in [1.82, 2.24) is 0 Å². The van der Waals surface area contributed by atoms with E-state index in [1.807, 2.05) is 43.3 Å². The van der Waals surface area contributed by atoms with E-state index < -0.39 is 0 Å². The number of hydrogen-bond donors (Lipinski definition) is 1. The van der Waals surface area contributed by atoms with Crippen LogP contribution in [0.15, 0.2) is 41.4 Å². The van der Waals surface area contributed by atoms with Gasteiger partial charge in [0.25, 0.3) is 0 Å². The summed E-state index contributed by atoms with van der Waals surface area (Å²) in [5.41, 5.74) is 3.35. The number of aliphatic imine (C=N–C) groups is 1. The number of phenols is 1. The quantitative estimate of drug-likeness (QED) is 0.489. The summed E-state index contributed by atoms with van der Waals surface area (Å²) in [6, 6.07) is 11.2. The highest BCUT2D eigenvalue weighted by atomic mass is 127. The lowest BCUT2D eigenvalue weighted by molar-refractivity contribution is 0.470. The fraction of sp³-hybridized carbons (Fsp3) is 0.0625. The maximum Gasteiger partial charge on any atom is 0.137 e. The molecule has 2 nitrogen and oxygen atoms in total. The van der Waals surface area contributed by atoms with Gasteiger partial charge in [-0.25, -0.2) is 0 Å². The maximum atomic E-state index is 9.97. The fourth-order valence-electron chi connectivity index (χ4n) is 1.68. The van der Waals surface area contributed by atoms with Crippen LogP contribution in [0.25, 0.3) is 0 Å². The molecule has 0 aliphatic heterocycles. The van der Waals surface area contributed by atoms with Crippen molar-refractivity contribution in [3.05, 3.63) is 56.7 Å². The maximum absolute atomic E-state index is 9.97. The molecule has 0 aromatic heterocycles. The van der Waals surface area contributed by atoms with E-state index in [4.69, 9.17) is 6.42 Å². The van der Waals surface area contributed by atoms with Crippen LogP contribution in [0.3, 0.4) is 0 Å². The number of nitrogens with zero attached hydrogens (tertiary/aromatic N) is 1. The molecule has 0 aliphatic carbocycles. The SMILES string of the molecule is C#Cc1cccc(N=Cc2cc(C)cc(I)c2O)c1. The molecular formula is C16H12INO. The van der Waals surface area contributed by atoms with Gasteiger partial charge in [-0.1, -0.05) is 12.0 Å². The first-order valence-electron chi connectivity index (χ1n) is 5.70. The number of phenolic OH excluding ortho intramolecular Hbond substituents is 1. The third kappa shape index (κ3) is 3.36. The molecule has 0 heterocycles. The average Bonchev–Trinajstić information content (AvgIpc) is 2.41. The third-order valence-electron chi connectivity index (χ3n) is 2.60. The molecule has 2 aromatic rings. The van der Waals surface area contributed by atoms with Crippen molar-refractivity contribution in [3.63, 3.8) is 0 Å². The number of aromatic hydroxyl groups is 1. The lowest BCUT2D eigenvalue weighted by Crippen LogP contribution is -1.87. The van der Waals surface area contributed by atoms with Crippen LogP contribution in [-0.2, 0) is 0 Å². The van der Waals surface area contributed by atoms with E-state index in [1.54, 1.807) is 6.21 Å². The van der Waals surface area contributed by atoms with Crippen LogP contribution in [0.4, 0.5) is 5.69 Å². The van der Waals surface area contributed by atoms with Gasteiger partial charge in [0.1, 0.15) is 5.75 Å². The molecule has 3 heteroatoms. The van der Waals surface area contributed by atoms with Crippen LogP contribution >= 0.6 is 22.6 Å². The molecule has 0 amide bonds. The van der Waals surface area contributed by atoms with Gasteiger partial charge >= 0.3 is 0 Å². The molecular weight excluding hydrogens is 349 g/mol. The summed E-state index contributed by atoms with van der Waals surface area (Å²) < 4.78 is 0.816. The molecule has 0 atom stereocenters. The van der Waals surface area contributed by atoms with Crippen molar-refractivity contribution < 1.29 is 5.11 Å². The Kier molecular flexibility index (Phi) is 4.23. The van der Waals surface area contributed by atoms with Gasteiger partial charge in [0.15, 0.2) is 0 Å². The molecule has 0 aliphatic rings. The zero-order valence-electron chi connectivity index (χ0n) is 10.4. The van der Waals surface area contributed by atoms with Gasteiger partial charge in [-0.05, 0) is 65.4 Å². The van der Waals surface area contributed by atoms with Gasteiger partial charge in [-0.2, -0.15) is 0 Å². The van der Waals surface area contributed by atoms with Crippen molar-refractivity contribution in [3.8, 4) is 18.1 Å². The first-order chi connectivity index (χ1) is 9.10. The van der Waals surface area contributed by atoms with Gasteiger partial charge < -0.3 is 5.11 Å². The second-order valence-corrected chi connectivity index (χ2v) is 5.30. The fourth-order valence-corrected chi connectivity index (χ4v) is 2.48. The third-order valence-corrected chi connectivity index (χ3v) is 3.43. The molecule has 0 saturated carbocycles. The Morgan fingerprint density at radius 3 is 2.84 bits per heavy atom. The standard InChI is InChI=1S/C16H12INO/c1-3-12-5-4-6-14(9-12)18-10-13-7-11(2)8-15(17)16(13)19/h1,4-10,19H,2H3. The van der Waals surface area contributed by atoms with Crippen LogP contribution in [0, 0.1) is 22.8 Å². The van der Waals surface area contributed by atoms with Gasteiger partial charge in [0, 0.05) is 17.3 Å². The van der Waals surface area contributed by atoms with Gasteiger partial charge in [-0.15, -0.1) is 6.42 Å². The summed E-state index contributed by atoms with van der Waals surface area (Å²) in [6.45, 7) is 1.98. The highest BCUT2D eigenvalue weighted by Crippen LogP contribution is 2.25. The smallest absolute Gasteiger partial charge is 0.137 e. The molecule has 0 radical (unpaired) electrons. The summed E-state index contributed by atoms with van der Waals surface area (Å²) in [4.78, 5) is 4.34. The second-order valence-electron chi connectivity index (χ2n) is 4.14. The largest absolute Gasteiger partial charge is 0.506 e. The average molecular weight is 361 g/mol. The highest BCUT2D eigenvalue weighted by molar-refractivity contribution is 14.1. The lowest BCUT2D eigenvalue weighted by atomic mass is 10.1. The molecule has 2 rings (SSSR count). The molecule has 0 spiro atoms. The normalized spacial score (nSPS) is 10.6. The van der Waals surface area contributed by atoms with E-state index in [1.165, 1.54) is 0 Å². The monoisotopic (exact) mass is 361 g/mol. The van der Waals surface area contributed by atoms with Crippen LogP contribution in [0.1, 0.15) is 16.7 Å². The van der Waals surface area contributed by atoms with Crippen molar-refractivity contribution >= 4 is 34.5 Å². The van der Waals surface area contributed by atoms with Crippen molar-refractivity contribution in [1.29, 1.82) is 0 Å². The summed E-state index contributed by atoms with van der Waals surface area (Å²) in [5.74, 6) is 2.82. The van der Waals surface area contributed by atoms with E-state index in [2.05, 4.69) is 33.5 Å². The lowest BCUT2D eigenvalue weighted by Gasteiger charge is -2.03. The second kappa shape index (κ2) is 5.89. The Morgan fingerprint density at radius 1 is 1.32 bits per heavy atom. The molecule has 0 bridgehead atoms. The van der Waals surface area contributed by atoms with E-state index >= 15 is 0 Å². The summed E-state index contributed by atoms with van der Waals surface area (Å²) >= 11 is 2.10. The van der Waals surface area contributed by atoms with E-state index in [0.29, 0.717) is 5.56 Å². The molecule has 0 fully saturated rings. The predicted molar refractivity (Wildman–Crippen MR) is 87.2 cm³/mol. The molecule has 0 saturated heterocycles. The Hall–Kier alpha value is -1.80. The zero-order chi connectivity index (χ0) is 13.8.